The normalized spacial score (nSPS) is 18.4. The van der Waals surface area contributed by atoms with Gasteiger partial charge in [0, 0.05) is 13.1 Å². The van der Waals surface area contributed by atoms with E-state index in [1.165, 1.54) is 0 Å². The molecule has 1 aliphatic heterocycles. The Morgan fingerprint density at radius 3 is 2.80 bits per heavy atom. The van der Waals surface area contributed by atoms with E-state index in [2.05, 4.69) is 15.9 Å². The fourth-order valence-corrected chi connectivity index (χ4v) is 1.49. The second-order valence-corrected chi connectivity index (χ2v) is 3.50. The molecule has 1 rings (SSSR count). The number of ether oxygens (including phenoxy) is 1. The number of nitrogens with zero attached hydrogens (tertiary/aromatic N) is 1. The maximum Gasteiger partial charge on any atom is 0.409 e. The standard InChI is InChI=1S/C6H10BrNO2/c1-2-10-6(9)8-3-5(7)4-8/h5H,2-4H2,1H3. The number of halogens is 1. The van der Waals surface area contributed by atoms with E-state index in [0.29, 0.717) is 11.4 Å². The summed E-state index contributed by atoms with van der Waals surface area (Å²) in [7, 11) is 0. The van der Waals surface area contributed by atoms with Crippen molar-refractivity contribution < 1.29 is 9.53 Å². The third-order valence-corrected chi connectivity index (χ3v) is 1.94. The SMILES string of the molecule is CCOC(=O)N1CC(Br)C1. The molecule has 1 amide bonds. The van der Waals surface area contributed by atoms with Crippen LogP contribution in [0.4, 0.5) is 4.79 Å². The highest BCUT2D eigenvalue weighted by Gasteiger charge is 2.29. The fourth-order valence-electron chi connectivity index (χ4n) is 0.789. The zero-order valence-electron chi connectivity index (χ0n) is 5.84. The second kappa shape index (κ2) is 3.23. The molecule has 0 spiro atoms. The molecule has 4 heteroatoms. The summed E-state index contributed by atoms with van der Waals surface area (Å²) in [5, 5.41) is 0. The van der Waals surface area contributed by atoms with Gasteiger partial charge in [-0.05, 0) is 6.92 Å². The van der Waals surface area contributed by atoms with Crippen LogP contribution in [-0.2, 0) is 4.74 Å². The van der Waals surface area contributed by atoms with E-state index in [4.69, 9.17) is 4.74 Å². The average Bonchev–Trinajstić information content (AvgIpc) is 1.82. The van der Waals surface area contributed by atoms with Crippen LogP contribution in [0.2, 0.25) is 0 Å². The smallest absolute Gasteiger partial charge is 0.409 e. The summed E-state index contributed by atoms with van der Waals surface area (Å²) in [6.07, 6.45) is -0.196. The topological polar surface area (TPSA) is 29.5 Å². The van der Waals surface area contributed by atoms with E-state index in [9.17, 15) is 4.79 Å². The van der Waals surface area contributed by atoms with Gasteiger partial charge in [-0.3, -0.25) is 0 Å². The lowest BCUT2D eigenvalue weighted by molar-refractivity contribution is 0.0882. The molecule has 0 N–H and O–H groups in total. The van der Waals surface area contributed by atoms with Crippen LogP contribution < -0.4 is 0 Å². The minimum Gasteiger partial charge on any atom is -0.450 e. The van der Waals surface area contributed by atoms with Gasteiger partial charge < -0.3 is 9.64 Å². The maximum absolute atomic E-state index is 10.9. The lowest BCUT2D eigenvalue weighted by Gasteiger charge is -2.34. The largest absolute Gasteiger partial charge is 0.450 e. The summed E-state index contributed by atoms with van der Waals surface area (Å²) in [6, 6.07) is 0. The molecule has 0 aromatic rings. The summed E-state index contributed by atoms with van der Waals surface area (Å²) in [6.45, 7) is 3.82. The molecule has 58 valence electrons. The summed E-state index contributed by atoms with van der Waals surface area (Å²) in [4.78, 5) is 13.0. The van der Waals surface area contributed by atoms with E-state index >= 15 is 0 Å². The van der Waals surface area contributed by atoms with Crippen molar-refractivity contribution in [3.8, 4) is 0 Å². The average molecular weight is 208 g/mol. The zero-order chi connectivity index (χ0) is 7.56. The van der Waals surface area contributed by atoms with Gasteiger partial charge in [-0.15, -0.1) is 0 Å². The van der Waals surface area contributed by atoms with Crippen LogP contribution in [-0.4, -0.2) is 35.5 Å². The van der Waals surface area contributed by atoms with Gasteiger partial charge in [0.25, 0.3) is 0 Å². The molecule has 3 nitrogen and oxygen atoms in total. The molecule has 1 saturated heterocycles. The van der Waals surface area contributed by atoms with Crippen molar-refractivity contribution >= 4 is 22.0 Å². The Hall–Kier alpha value is -0.250. The number of carbonyl (C=O) groups is 1. The van der Waals surface area contributed by atoms with E-state index in [1.54, 1.807) is 4.90 Å². The van der Waals surface area contributed by atoms with Gasteiger partial charge in [-0.1, -0.05) is 15.9 Å². The van der Waals surface area contributed by atoms with Crippen LogP contribution in [0.5, 0.6) is 0 Å². The minimum atomic E-state index is -0.196. The Balaban J connectivity index is 2.18. The Morgan fingerprint density at radius 2 is 2.40 bits per heavy atom. The Bertz CT molecular complexity index is 134. The van der Waals surface area contributed by atoms with E-state index < -0.39 is 0 Å². The third kappa shape index (κ3) is 1.62. The van der Waals surface area contributed by atoms with E-state index in [-0.39, 0.29) is 6.09 Å². The van der Waals surface area contributed by atoms with Crippen LogP contribution >= 0.6 is 15.9 Å². The molecule has 10 heavy (non-hydrogen) atoms. The molecule has 0 aliphatic carbocycles. The molecular weight excluding hydrogens is 198 g/mol. The predicted molar refractivity (Wildman–Crippen MR) is 41.3 cm³/mol. The van der Waals surface area contributed by atoms with Crippen LogP contribution in [0, 0.1) is 0 Å². The molecule has 0 atom stereocenters. The van der Waals surface area contributed by atoms with Crippen molar-refractivity contribution in [3.05, 3.63) is 0 Å². The van der Waals surface area contributed by atoms with Crippen molar-refractivity contribution in [2.75, 3.05) is 19.7 Å². The van der Waals surface area contributed by atoms with Gasteiger partial charge in [0.05, 0.1) is 11.4 Å². The fraction of sp³-hybridized carbons (Fsp3) is 0.833. The number of amides is 1. The molecule has 0 saturated carbocycles. The van der Waals surface area contributed by atoms with Gasteiger partial charge >= 0.3 is 6.09 Å². The van der Waals surface area contributed by atoms with Gasteiger partial charge in [0.15, 0.2) is 0 Å². The number of alkyl halides is 1. The Labute approximate surface area is 68.5 Å². The first-order chi connectivity index (χ1) is 4.74. The maximum atomic E-state index is 10.9. The number of hydrogen-bond donors (Lipinski definition) is 0. The monoisotopic (exact) mass is 207 g/mol. The van der Waals surface area contributed by atoms with Crippen LogP contribution in [0.1, 0.15) is 6.92 Å². The van der Waals surface area contributed by atoms with Crippen LogP contribution in [0.3, 0.4) is 0 Å². The van der Waals surface area contributed by atoms with Gasteiger partial charge in [-0.25, -0.2) is 4.79 Å². The lowest BCUT2D eigenvalue weighted by Crippen LogP contribution is -2.50. The lowest BCUT2D eigenvalue weighted by atomic mass is 10.2. The molecule has 0 unspecified atom stereocenters. The Morgan fingerprint density at radius 1 is 1.80 bits per heavy atom. The molecule has 1 heterocycles. The van der Waals surface area contributed by atoms with Crippen molar-refractivity contribution in [1.29, 1.82) is 0 Å². The summed E-state index contributed by atoms with van der Waals surface area (Å²) in [5.74, 6) is 0. The molecule has 0 radical (unpaired) electrons. The molecule has 1 aliphatic rings. The Kier molecular flexibility index (Phi) is 2.54. The van der Waals surface area contributed by atoms with Crippen molar-refractivity contribution in [2.24, 2.45) is 0 Å². The highest BCUT2D eigenvalue weighted by Crippen LogP contribution is 2.16. The second-order valence-electron chi connectivity index (χ2n) is 2.20. The van der Waals surface area contributed by atoms with E-state index in [1.807, 2.05) is 6.92 Å². The van der Waals surface area contributed by atoms with E-state index in [0.717, 1.165) is 13.1 Å². The number of carbonyl (C=O) groups excluding carboxylic acids is 1. The molecule has 0 aromatic carbocycles. The first-order valence-electron chi connectivity index (χ1n) is 3.29. The minimum absolute atomic E-state index is 0.196. The predicted octanol–water partition coefficient (Wildman–Crippen LogP) is 1.22. The summed E-state index contributed by atoms with van der Waals surface area (Å²) in [5.41, 5.74) is 0. The van der Waals surface area contributed by atoms with Crippen LogP contribution in [0.25, 0.3) is 0 Å². The molecule has 0 aromatic heterocycles. The zero-order valence-corrected chi connectivity index (χ0v) is 7.43. The molecule has 0 bridgehead atoms. The number of likely N-dealkylation sites (tertiary alicyclic amines) is 1. The quantitative estimate of drug-likeness (QED) is 0.606. The van der Waals surface area contributed by atoms with Crippen molar-refractivity contribution in [3.63, 3.8) is 0 Å². The highest BCUT2D eigenvalue weighted by atomic mass is 79.9. The highest BCUT2D eigenvalue weighted by molar-refractivity contribution is 9.09. The molecule has 1 fully saturated rings. The third-order valence-electron chi connectivity index (χ3n) is 1.36. The van der Waals surface area contributed by atoms with Gasteiger partial charge in [0.1, 0.15) is 0 Å². The van der Waals surface area contributed by atoms with Gasteiger partial charge in [-0.2, -0.15) is 0 Å². The number of hydrogen-bond acceptors (Lipinski definition) is 2. The summed E-state index contributed by atoms with van der Waals surface area (Å²) >= 11 is 3.37. The first kappa shape index (κ1) is 7.85. The van der Waals surface area contributed by atoms with Gasteiger partial charge in [0.2, 0.25) is 0 Å². The van der Waals surface area contributed by atoms with Crippen molar-refractivity contribution in [1.82, 2.24) is 4.90 Å². The van der Waals surface area contributed by atoms with Crippen LogP contribution in [0.15, 0.2) is 0 Å². The number of rotatable bonds is 1. The molecular formula is C6H10BrNO2. The van der Waals surface area contributed by atoms with Crippen molar-refractivity contribution in [2.45, 2.75) is 11.8 Å². The summed E-state index contributed by atoms with van der Waals surface area (Å²) < 4.78 is 4.76. The first-order valence-corrected chi connectivity index (χ1v) is 4.21.